The molecule has 0 spiro atoms. The second-order valence-electron chi connectivity index (χ2n) is 6.56. The quantitative estimate of drug-likeness (QED) is 0.710. The number of benzene rings is 2. The maximum absolute atomic E-state index is 11.8. The van der Waals surface area contributed by atoms with Crippen LogP contribution in [0.4, 0.5) is 5.69 Å². The van der Waals surface area contributed by atoms with Crippen LogP contribution in [0.2, 0.25) is 5.02 Å². The zero-order valence-electron chi connectivity index (χ0n) is 14.9. The predicted octanol–water partition coefficient (Wildman–Crippen LogP) is 4.07. The van der Waals surface area contributed by atoms with Crippen molar-refractivity contribution in [3.05, 3.63) is 59.1 Å². The first-order valence-corrected chi connectivity index (χ1v) is 9.57. The number of rotatable bonds is 8. The molecule has 5 heteroatoms. The van der Waals surface area contributed by atoms with Gasteiger partial charge in [-0.2, -0.15) is 0 Å². The Morgan fingerprint density at radius 1 is 1.04 bits per heavy atom. The lowest BCUT2D eigenvalue weighted by atomic mass is 10.1. The van der Waals surface area contributed by atoms with E-state index in [9.17, 15) is 4.79 Å². The molecule has 0 atom stereocenters. The fourth-order valence-corrected chi connectivity index (χ4v) is 3.23. The third kappa shape index (κ3) is 5.67. The Morgan fingerprint density at radius 3 is 2.42 bits per heavy atom. The Morgan fingerprint density at radius 2 is 1.73 bits per heavy atom. The molecule has 0 aromatic heterocycles. The van der Waals surface area contributed by atoms with Gasteiger partial charge in [0.15, 0.2) is 6.61 Å². The Labute approximate surface area is 160 Å². The monoisotopic (exact) mass is 372 g/mol. The van der Waals surface area contributed by atoms with E-state index in [4.69, 9.17) is 16.3 Å². The highest BCUT2D eigenvalue weighted by Gasteiger charge is 2.11. The Bertz CT molecular complexity index is 695. The summed E-state index contributed by atoms with van der Waals surface area (Å²) in [5, 5.41) is 3.54. The van der Waals surface area contributed by atoms with Crippen LogP contribution in [0, 0.1) is 0 Å². The average Bonchev–Trinajstić information content (AvgIpc) is 3.20. The van der Waals surface area contributed by atoms with Gasteiger partial charge in [-0.25, -0.2) is 0 Å². The number of nitrogens with zero attached hydrogens (tertiary/aromatic N) is 1. The molecule has 4 nitrogen and oxygen atoms in total. The summed E-state index contributed by atoms with van der Waals surface area (Å²) in [6.07, 6.45) is 4.46. The lowest BCUT2D eigenvalue weighted by Gasteiger charge is -2.17. The molecule has 0 bridgehead atoms. The normalized spacial score (nSPS) is 13.7. The van der Waals surface area contributed by atoms with Crippen LogP contribution in [0.5, 0.6) is 5.75 Å². The zero-order chi connectivity index (χ0) is 18.2. The van der Waals surface area contributed by atoms with Gasteiger partial charge in [-0.05, 0) is 67.6 Å². The van der Waals surface area contributed by atoms with Gasteiger partial charge in [-0.15, -0.1) is 0 Å². The first-order chi connectivity index (χ1) is 12.7. The van der Waals surface area contributed by atoms with Crippen LogP contribution in [0.3, 0.4) is 0 Å². The number of hydrogen-bond acceptors (Lipinski definition) is 3. The predicted molar refractivity (Wildman–Crippen MR) is 106 cm³/mol. The Balaban J connectivity index is 1.32. The molecule has 26 heavy (non-hydrogen) atoms. The van der Waals surface area contributed by atoms with Crippen LogP contribution >= 0.6 is 11.6 Å². The van der Waals surface area contributed by atoms with E-state index in [1.165, 1.54) is 37.2 Å². The highest BCUT2D eigenvalue weighted by atomic mass is 35.5. The van der Waals surface area contributed by atoms with Crippen LogP contribution in [0.25, 0.3) is 0 Å². The summed E-state index contributed by atoms with van der Waals surface area (Å²) < 4.78 is 5.42. The third-order valence-corrected chi connectivity index (χ3v) is 4.81. The molecule has 0 saturated carbocycles. The summed E-state index contributed by atoms with van der Waals surface area (Å²) in [6.45, 7) is 3.01. The van der Waals surface area contributed by atoms with Gasteiger partial charge in [0.1, 0.15) is 5.75 Å². The highest BCUT2D eigenvalue weighted by Crippen LogP contribution is 2.20. The van der Waals surface area contributed by atoms with E-state index in [1.807, 2.05) is 0 Å². The molecule has 1 fully saturated rings. The van der Waals surface area contributed by atoms with Gasteiger partial charge < -0.3 is 15.0 Å². The molecule has 1 aliphatic rings. The molecule has 0 unspecified atom stereocenters. The molecule has 0 radical (unpaired) electrons. The van der Waals surface area contributed by atoms with Crippen LogP contribution in [-0.2, 0) is 11.2 Å². The number of aryl methyl sites for hydroxylation is 1. The molecule has 2 aromatic rings. The average molecular weight is 373 g/mol. The van der Waals surface area contributed by atoms with Gasteiger partial charge in [0.25, 0.3) is 5.91 Å². The molecule has 1 heterocycles. The molecule has 0 aliphatic carbocycles. The van der Waals surface area contributed by atoms with Crippen molar-refractivity contribution in [1.29, 1.82) is 0 Å². The van der Waals surface area contributed by atoms with Crippen LogP contribution in [0.1, 0.15) is 24.8 Å². The maximum Gasteiger partial charge on any atom is 0.257 e. The van der Waals surface area contributed by atoms with E-state index in [0.717, 1.165) is 12.8 Å². The van der Waals surface area contributed by atoms with Gasteiger partial charge >= 0.3 is 0 Å². The van der Waals surface area contributed by atoms with E-state index in [-0.39, 0.29) is 12.5 Å². The lowest BCUT2D eigenvalue weighted by molar-refractivity contribution is -0.123. The molecule has 3 rings (SSSR count). The maximum atomic E-state index is 11.8. The summed E-state index contributed by atoms with van der Waals surface area (Å²) in [5.74, 6) is 0.534. The SMILES string of the molecule is O=C(COc1ccc(Cl)cc1)NCCCc1ccc(N2CCCC2)cc1. The van der Waals surface area contributed by atoms with Crippen molar-refractivity contribution in [2.75, 3.05) is 31.1 Å². The second-order valence-corrected chi connectivity index (χ2v) is 6.99. The van der Waals surface area contributed by atoms with E-state index in [0.29, 0.717) is 17.3 Å². The van der Waals surface area contributed by atoms with Crippen molar-refractivity contribution in [2.24, 2.45) is 0 Å². The van der Waals surface area contributed by atoms with Crippen LogP contribution in [0.15, 0.2) is 48.5 Å². The van der Waals surface area contributed by atoms with Gasteiger partial charge in [-0.3, -0.25) is 4.79 Å². The minimum absolute atomic E-state index is 0.0200. The summed E-state index contributed by atoms with van der Waals surface area (Å²) in [7, 11) is 0. The summed E-state index contributed by atoms with van der Waals surface area (Å²) in [5.41, 5.74) is 2.62. The van der Waals surface area contributed by atoms with E-state index >= 15 is 0 Å². The zero-order valence-corrected chi connectivity index (χ0v) is 15.7. The molecular weight excluding hydrogens is 348 g/mol. The molecule has 1 N–H and O–H groups in total. The first kappa shape index (κ1) is 18.6. The van der Waals surface area contributed by atoms with Crippen LogP contribution in [-0.4, -0.2) is 32.1 Å². The number of carbonyl (C=O) groups excluding carboxylic acids is 1. The van der Waals surface area contributed by atoms with Crippen molar-refractivity contribution in [3.63, 3.8) is 0 Å². The summed E-state index contributed by atoms with van der Waals surface area (Å²) >= 11 is 5.81. The number of hydrogen-bond donors (Lipinski definition) is 1. The van der Waals surface area contributed by atoms with E-state index in [2.05, 4.69) is 34.5 Å². The number of ether oxygens (including phenoxy) is 1. The molecule has 1 aliphatic heterocycles. The number of amides is 1. The number of anilines is 1. The number of carbonyl (C=O) groups is 1. The lowest BCUT2D eigenvalue weighted by Crippen LogP contribution is -2.29. The van der Waals surface area contributed by atoms with Gasteiger partial charge in [-0.1, -0.05) is 23.7 Å². The largest absolute Gasteiger partial charge is 0.484 e. The highest BCUT2D eigenvalue weighted by molar-refractivity contribution is 6.30. The molecule has 1 saturated heterocycles. The van der Waals surface area contributed by atoms with E-state index in [1.54, 1.807) is 24.3 Å². The standard InChI is InChI=1S/C21H25ClN2O2/c22-18-7-11-20(12-8-18)26-16-21(25)23-13-3-4-17-5-9-19(10-6-17)24-14-1-2-15-24/h5-12H,1-4,13-16H2,(H,23,25). The third-order valence-electron chi connectivity index (χ3n) is 4.56. The smallest absolute Gasteiger partial charge is 0.257 e. The van der Waals surface area contributed by atoms with Crippen molar-refractivity contribution in [3.8, 4) is 5.75 Å². The van der Waals surface area contributed by atoms with Gasteiger partial charge in [0.05, 0.1) is 0 Å². The Hall–Kier alpha value is -2.20. The number of nitrogens with one attached hydrogen (secondary N) is 1. The summed E-state index contributed by atoms with van der Waals surface area (Å²) in [4.78, 5) is 14.3. The van der Waals surface area contributed by atoms with Crippen molar-refractivity contribution in [1.82, 2.24) is 5.32 Å². The van der Waals surface area contributed by atoms with Crippen molar-refractivity contribution >= 4 is 23.2 Å². The molecule has 138 valence electrons. The Kier molecular flexibility index (Phi) is 6.78. The molecular formula is C21H25ClN2O2. The van der Waals surface area contributed by atoms with Gasteiger partial charge in [0, 0.05) is 30.3 Å². The minimum atomic E-state index is -0.107. The molecule has 2 aromatic carbocycles. The minimum Gasteiger partial charge on any atom is -0.484 e. The van der Waals surface area contributed by atoms with Crippen LogP contribution < -0.4 is 15.0 Å². The second kappa shape index (κ2) is 9.48. The summed E-state index contributed by atoms with van der Waals surface area (Å²) in [6, 6.07) is 15.8. The fraction of sp³-hybridized carbons (Fsp3) is 0.381. The van der Waals surface area contributed by atoms with Crippen molar-refractivity contribution < 1.29 is 9.53 Å². The van der Waals surface area contributed by atoms with Crippen molar-refractivity contribution in [2.45, 2.75) is 25.7 Å². The van der Waals surface area contributed by atoms with E-state index < -0.39 is 0 Å². The number of halogens is 1. The topological polar surface area (TPSA) is 41.6 Å². The first-order valence-electron chi connectivity index (χ1n) is 9.20. The fourth-order valence-electron chi connectivity index (χ4n) is 3.10. The van der Waals surface area contributed by atoms with Gasteiger partial charge in [0.2, 0.25) is 0 Å². The molecule has 1 amide bonds.